The van der Waals surface area contributed by atoms with Gasteiger partial charge in [0.15, 0.2) is 0 Å². The predicted octanol–water partition coefficient (Wildman–Crippen LogP) is 1.84. The third-order valence-corrected chi connectivity index (χ3v) is 2.98. The van der Waals surface area contributed by atoms with Crippen LogP contribution in [0.4, 0.5) is 5.69 Å². The number of anilines is 1. The molecule has 5 nitrogen and oxygen atoms in total. The summed E-state index contributed by atoms with van der Waals surface area (Å²) in [5.41, 5.74) is 1.20. The van der Waals surface area contributed by atoms with Gasteiger partial charge < -0.3 is 15.7 Å². The minimum Gasteiger partial charge on any atom is -0.389 e. The first kappa shape index (κ1) is 16.2. The standard InChI is InChI=1S/C15H22N2O3/c1-9(2)14(16-11(4)19)15(20)17-13-8-6-5-7-12(13)10(3)18/h5-10,14,18H,1-4H3,(H,16,19)(H,17,20). The van der Waals surface area contributed by atoms with Crippen molar-refractivity contribution < 1.29 is 14.7 Å². The summed E-state index contributed by atoms with van der Waals surface area (Å²) in [7, 11) is 0. The first-order valence-electron chi connectivity index (χ1n) is 6.68. The maximum absolute atomic E-state index is 12.3. The Bertz CT molecular complexity index is 484. The molecule has 2 unspecified atom stereocenters. The molecule has 0 saturated heterocycles. The molecule has 20 heavy (non-hydrogen) atoms. The van der Waals surface area contributed by atoms with Gasteiger partial charge >= 0.3 is 0 Å². The molecule has 0 spiro atoms. The zero-order valence-corrected chi connectivity index (χ0v) is 12.3. The van der Waals surface area contributed by atoms with E-state index in [0.29, 0.717) is 11.3 Å². The van der Waals surface area contributed by atoms with Crippen LogP contribution in [0.25, 0.3) is 0 Å². The van der Waals surface area contributed by atoms with E-state index >= 15 is 0 Å². The largest absolute Gasteiger partial charge is 0.389 e. The van der Waals surface area contributed by atoms with Crippen LogP contribution in [0.5, 0.6) is 0 Å². The van der Waals surface area contributed by atoms with Gasteiger partial charge in [-0.3, -0.25) is 9.59 Å². The normalized spacial score (nSPS) is 13.7. The Morgan fingerprint density at radius 3 is 2.25 bits per heavy atom. The highest BCUT2D eigenvalue weighted by Crippen LogP contribution is 2.22. The van der Waals surface area contributed by atoms with E-state index < -0.39 is 12.1 Å². The SMILES string of the molecule is CC(=O)NC(C(=O)Nc1ccccc1C(C)O)C(C)C. The average Bonchev–Trinajstić information content (AvgIpc) is 2.35. The van der Waals surface area contributed by atoms with E-state index in [9.17, 15) is 14.7 Å². The van der Waals surface area contributed by atoms with Crippen LogP contribution in [0.15, 0.2) is 24.3 Å². The quantitative estimate of drug-likeness (QED) is 0.769. The number of amides is 2. The van der Waals surface area contributed by atoms with Gasteiger partial charge in [-0.25, -0.2) is 0 Å². The first-order chi connectivity index (χ1) is 9.32. The van der Waals surface area contributed by atoms with E-state index in [2.05, 4.69) is 10.6 Å². The van der Waals surface area contributed by atoms with Crippen LogP contribution in [0, 0.1) is 5.92 Å². The third kappa shape index (κ3) is 4.35. The zero-order valence-electron chi connectivity index (χ0n) is 12.3. The van der Waals surface area contributed by atoms with Crippen molar-refractivity contribution >= 4 is 17.5 Å². The van der Waals surface area contributed by atoms with Gasteiger partial charge in [0.2, 0.25) is 11.8 Å². The van der Waals surface area contributed by atoms with Gasteiger partial charge in [-0.2, -0.15) is 0 Å². The monoisotopic (exact) mass is 278 g/mol. The molecular weight excluding hydrogens is 256 g/mol. The predicted molar refractivity (Wildman–Crippen MR) is 78.1 cm³/mol. The van der Waals surface area contributed by atoms with Crippen molar-refractivity contribution in [3.8, 4) is 0 Å². The van der Waals surface area contributed by atoms with E-state index in [-0.39, 0.29) is 17.7 Å². The molecule has 5 heteroatoms. The van der Waals surface area contributed by atoms with Gasteiger partial charge in [-0.15, -0.1) is 0 Å². The van der Waals surface area contributed by atoms with Crippen LogP contribution in [-0.2, 0) is 9.59 Å². The number of aliphatic hydroxyl groups excluding tert-OH is 1. The lowest BCUT2D eigenvalue weighted by molar-refractivity contribution is -0.126. The number of rotatable bonds is 5. The molecule has 2 atom stereocenters. The van der Waals surface area contributed by atoms with E-state index in [1.165, 1.54) is 6.92 Å². The van der Waals surface area contributed by atoms with Crippen LogP contribution in [0.3, 0.4) is 0 Å². The summed E-state index contributed by atoms with van der Waals surface area (Å²) in [6.45, 7) is 6.74. The minimum atomic E-state index is -0.676. The number of hydrogen-bond donors (Lipinski definition) is 3. The molecule has 1 aromatic carbocycles. The lowest BCUT2D eigenvalue weighted by Crippen LogP contribution is -2.46. The molecule has 0 heterocycles. The van der Waals surface area contributed by atoms with E-state index in [1.807, 2.05) is 13.8 Å². The Morgan fingerprint density at radius 2 is 1.75 bits per heavy atom. The minimum absolute atomic E-state index is 0.0300. The van der Waals surface area contributed by atoms with Crippen LogP contribution in [0.1, 0.15) is 39.4 Å². The topological polar surface area (TPSA) is 78.4 Å². The molecule has 0 aliphatic rings. The molecule has 0 saturated carbocycles. The zero-order chi connectivity index (χ0) is 15.3. The summed E-state index contributed by atoms with van der Waals surface area (Å²) >= 11 is 0. The summed E-state index contributed by atoms with van der Waals surface area (Å²) in [5.74, 6) is -0.566. The molecular formula is C15H22N2O3. The maximum atomic E-state index is 12.3. The Balaban J connectivity index is 2.91. The average molecular weight is 278 g/mol. The Labute approximate surface area is 119 Å². The molecule has 1 rings (SSSR count). The third-order valence-electron chi connectivity index (χ3n) is 2.98. The van der Waals surface area contributed by atoms with Crippen molar-refractivity contribution in [3.05, 3.63) is 29.8 Å². The van der Waals surface area contributed by atoms with E-state index in [4.69, 9.17) is 0 Å². The number of nitrogens with one attached hydrogen (secondary N) is 2. The Kier molecular flexibility index (Phi) is 5.70. The highest BCUT2D eigenvalue weighted by molar-refractivity contribution is 5.97. The van der Waals surface area contributed by atoms with Crippen molar-refractivity contribution in [3.63, 3.8) is 0 Å². The van der Waals surface area contributed by atoms with Gasteiger partial charge in [0.25, 0.3) is 0 Å². The highest BCUT2D eigenvalue weighted by atomic mass is 16.3. The van der Waals surface area contributed by atoms with Gasteiger partial charge in [-0.1, -0.05) is 32.0 Å². The van der Waals surface area contributed by atoms with Crippen LogP contribution in [0.2, 0.25) is 0 Å². The van der Waals surface area contributed by atoms with Gasteiger partial charge in [0, 0.05) is 18.2 Å². The van der Waals surface area contributed by atoms with Crippen LogP contribution in [-0.4, -0.2) is 23.0 Å². The van der Waals surface area contributed by atoms with Gasteiger partial charge in [0.05, 0.1) is 6.10 Å². The van der Waals surface area contributed by atoms with E-state index in [0.717, 1.165) is 0 Å². The summed E-state index contributed by atoms with van der Waals surface area (Å²) in [5, 5.41) is 15.1. The van der Waals surface area contributed by atoms with Crippen molar-refractivity contribution in [1.82, 2.24) is 5.32 Å². The molecule has 0 aliphatic carbocycles. The molecule has 110 valence electrons. The summed E-state index contributed by atoms with van der Waals surface area (Å²) in [4.78, 5) is 23.4. The summed E-state index contributed by atoms with van der Waals surface area (Å²) < 4.78 is 0. The molecule has 0 aromatic heterocycles. The number of carbonyl (C=O) groups is 2. The van der Waals surface area contributed by atoms with Crippen LogP contribution < -0.4 is 10.6 Å². The second kappa shape index (κ2) is 7.05. The number of hydrogen-bond acceptors (Lipinski definition) is 3. The summed E-state index contributed by atoms with van der Waals surface area (Å²) in [6.07, 6.45) is -0.676. The first-order valence-corrected chi connectivity index (χ1v) is 6.68. The molecule has 0 fully saturated rings. The van der Waals surface area contributed by atoms with Gasteiger partial charge in [0.1, 0.15) is 6.04 Å². The number of para-hydroxylation sites is 1. The highest BCUT2D eigenvalue weighted by Gasteiger charge is 2.23. The molecule has 0 aliphatic heterocycles. The number of benzene rings is 1. The lowest BCUT2D eigenvalue weighted by atomic mass is 10.0. The van der Waals surface area contributed by atoms with Crippen molar-refractivity contribution in [2.45, 2.75) is 39.8 Å². The second-order valence-corrected chi connectivity index (χ2v) is 5.17. The second-order valence-electron chi connectivity index (χ2n) is 5.17. The van der Waals surface area contributed by atoms with Gasteiger partial charge in [-0.05, 0) is 18.9 Å². The molecule has 2 amide bonds. The van der Waals surface area contributed by atoms with Crippen molar-refractivity contribution in [1.29, 1.82) is 0 Å². The number of carbonyl (C=O) groups excluding carboxylic acids is 2. The maximum Gasteiger partial charge on any atom is 0.247 e. The van der Waals surface area contributed by atoms with Crippen molar-refractivity contribution in [2.75, 3.05) is 5.32 Å². The molecule has 0 bridgehead atoms. The lowest BCUT2D eigenvalue weighted by Gasteiger charge is -2.22. The Hall–Kier alpha value is -1.88. The molecule has 1 aromatic rings. The summed E-state index contributed by atoms with van der Waals surface area (Å²) in [6, 6.07) is 6.46. The Morgan fingerprint density at radius 1 is 1.15 bits per heavy atom. The molecule has 0 radical (unpaired) electrons. The van der Waals surface area contributed by atoms with Crippen molar-refractivity contribution in [2.24, 2.45) is 5.92 Å². The fraction of sp³-hybridized carbons (Fsp3) is 0.467. The smallest absolute Gasteiger partial charge is 0.247 e. The fourth-order valence-corrected chi connectivity index (χ4v) is 1.94. The van der Waals surface area contributed by atoms with E-state index in [1.54, 1.807) is 31.2 Å². The number of aliphatic hydroxyl groups is 1. The molecule has 3 N–H and O–H groups in total. The van der Waals surface area contributed by atoms with Crippen LogP contribution >= 0.6 is 0 Å². The fourth-order valence-electron chi connectivity index (χ4n) is 1.94.